The van der Waals surface area contributed by atoms with Gasteiger partial charge in [0.15, 0.2) is 5.69 Å². The molecule has 19 heavy (non-hydrogen) atoms. The van der Waals surface area contributed by atoms with Crippen LogP contribution in [0.1, 0.15) is 16.2 Å². The van der Waals surface area contributed by atoms with Crippen molar-refractivity contribution in [3.8, 4) is 5.69 Å². The summed E-state index contributed by atoms with van der Waals surface area (Å²) in [6.07, 6.45) is 1.68. The van der Waals surface area contributed by atoms with Gasteiger partial charge >= 0.3 is 5.97 Å². The van der Waals surface area contributed by atoms with E-state index < -0.39 is 5.97 Å². The van der Waals surface area contributed by atoms with Gasteiger partial charge in [-0.25, -0.2) is 4.79 Å². The van der Waals surface area contributed by atoms with Crippen molar-refractivity contribution >= 4 is 16.9 Å². The number of carboxylic acid groups (broad SMARTS) is 1. The van der Waals surface area contributed by atoms with Crippen LogP contribution in [0.25, 0.3) is 16.6 Å². The standard InChI is InChI=1S/C13H10N4O2/c1-8-11(13(18)19)16-17(15-8)10-6-2-4-9-5-3-7-14-12(9)10/h2-7H,1H3,(H,18,19). The summed E-state index contributed by atoms with van der Waals surface area (Å²) in [7, 11) is 0. The summed E-state index contributed by atoms with van der Waals surface area (Å²) in [4.78, 5) is 16.6. The van der Waals surface area contributed by atoms with Gasteiger partial charge in [0, 0.05) is 11.6 Å². The Hall–Kier alpha value is -2.76. The molecule has 2 aromatic heterocycles. The summed E-state index contributed by atoms with van der Waals surface area (Å²) in [5, 5.41) is 18.1. The summed E-state index contributed by atoms with van der Waals surface area (Å²) in [6, 6.07) is 9.37. The number of pyridine rings is 1. The normalized spacial score (nSPS) is 10.8. The second kappa shape index (κ2) is 4.16. The van der Waals surface area contributed by atoms with E-state index in [4.69, 9.17) is 5.11 Å². The minimum atomic E-state index is -1.09. The Bertz CT molecular complexity index is 774. The largest absolute Gasteiger partial charge is 0.476 e. The average molecular weight is 254 g/mol. The third kappa shape index (κ3) is 1.83. The maximum Gasteiger partial charge on any atom is 0.358 e. The molecule has 0 aliphatic heterocycles. The Balaban J connectivity index is 2.25. The second-order valence-electron chi connectivity index (χ2n) is 4.08. The first-order chi connectivity index (χ1) is 9.16. The molecule has 0 unspecified atom stereocenters. The zero-order chi connectivity index (χ0) is 13.4. The summed E-state index contributed by atoms with van der Waals surface area (Å²) in [5.74, 6) is -1.09. The van der Waals surface area contributed by atoms with E-state index in [0.29, 0.717) is 11.4 Å². The molecule has 0 spiro atoms. The molecule has 1 N–H and O–H groups in total. The molecule has 0 fully saturated rings. The van der Waals surface area contributed by atoms with Crippen LogP contribution in [-0.2, 0) is 0 Å². The van der Waals surface area contributed by atoms with Crippen molar-refractivity contribution in [1.82, 2.24) is 20.0 Å². The number of nitrogens with zero attached hydrogens (tertiary/aromatic N) is 4. The quantitative estimate of drug-likeness (QED) is 0.754. The smallest absolute Gasteiger partial charge is 0.358 e. The predicted octanol–water partition coefficient (Wildman–Crippen LogP) is 1.82. The molecule has 0 saturated heterocycles. The van der Waals surface area contributed by atoms with Crippen molar-refractivity contribution in [2.75, 3.05) is 0 Å². The highest BCUT2D eigenvalue weighted by atomic mass is 16.4. The van der Waals surface area contributed by atoms with Gasteiger partial charge in [0.25, 0.3) is 0 Å². The second-order valence-corrected chi connectivity index (χ2v) is 4.08. The van der Waals surface area contributed by atoms with Gasteiger partial charge in [-0.2, -0.15) is 5.10 Å². The van der Waals surface area contributed by atoms with Gasteiger partial charge in [-0.1, -0.05) is 18.2 Å². The SMILES string of the molecule is Cc1nn(-c2cccc3cccnc23)nc1C(=O)O. The molecule has 0 amide bonds. The molecule has 0 radical (unpaired) electrons. The fourth-order valence-corrected chi connectivity index (χ4v) is 1.93. The number of benzene rings is 1. The van der Waals surface area contributed by atoms with Crippen LogP contribution in [0.3, 0.4) is 0 Å². The Morgan fingerprint density at radius 1 is 1.21 bits per heavy atom. The molecular formula is C13H10N4O2. The van der Waals surface area contributed by atoms with Crippen LogP contribution >= 0.6 is 0 Å². The van der Waals surface area contributed by atoms with Crippen LogP contribution < -0.4 is 0 Å². The fourth-order valence-electron chi connectivity index (χ4n) is 1.93. The van der Waals surface area contributed by atoms with Gasteiger partial charge in [-0.3, -0.25) is 4.98 Å². The minimum absolute atomic E-state index is 0.0482. The van der Waals surface area contributed by atoms with E-state index in [1.165, 1.54) is 4.80 Å². The Morgan fingerprint density at radius 3 is 2.74 bits per heavy atom. The van der Waals surface area contributed by atoms with E-state index in [9.17, 15) is 4.79 Å². The van der Waals surface area contributed by atoms with Crippen molar-refractivity contribution in [2.24, 2.45) is 0 Å². The Morgan fingerprint density at radius 2 is 2.00 bits per heavy atom. The van der Waals surface area contributed by atoms with E-state index >= 15 is 0 Å². The van der Waals surface area contributed by atoms with E-state index in [2.05, 4.69) is 15.2 Å². The number of fused-ring (bicyclic) bond motifs is 1. The van der Waals surface area contributed by atoms with E-state index in [-0.39, 0.29) is 5.69 Å². The van der Waals surface area contributed by atoms with Gasteiger partial charge in [-0.05, 0) is 19.1 Å². The first kappa shape index (κ1) is 11.3. The average Bonchev–Trinajstić information content (AvgIpc) is 2.80. The van der Waals surface area contributed by atoms with E-state index in [1.54, 1.807) is 19.2 Å². The summed E-state index contributed by atoms with van der Waals surface area (Å²) >= 11 is 0. The van der Waals surface area contributed by atoms with Crippen molar-refractivity contribution in [3.05, 3.63) is 47.9 Å². The van der Waals surface area contributed by atoms with Crippen LogP contribution in [0.15, 0.2) is 36.5 Å². The molecule has 3 aromatic rings. The molecule has 3 rings (SSSR count). The lowest BCUT2D eigenvalue weighted by molar-refractivity contribution is 0.0689. The molecule has 94 valence electrons. The first-order valence-electron chi connectivity index (χ1n) is 5.68. The molecule has 6 heteroatoms. The fraction of sp³-hybridized carbons (Fsp3) is 0.0769. The van der Waals surface area contributed by atoms with E-state index in [0.717, 1.165) is 10.9 Å². The highest BCUT2D eigenvalue weighted by molar-refractivity contribution is 5.87. The maximum atomic E-state index is 11.0. The van der Waals surface area contributed by atoms with Crippen LogP contribution in [0.4, 0.5) is 0 Å². The number of carbonyl (C=O) groups is 1. The summed E-state index contributed by atoms with van der Waals surface area (Å²) in [6.45, 7) is 1.62. The van der Waals surface area contributed by atoms with Gasteiger partial charge in [0.1, 0.15) is 5.69 Å². The third-order valence-electron chi connectivity index (χ3n) is 2.81. The molecule has 2 heterocycles. The lowest BCUT2D eigenvalue weighted by Crippen LogP contribution is -2.03. The Kier molecular flexibility index (Phi) is 2.49. The predicted molar refractivity (Wildman–Crippen MR) is 68.4 cm³/mol. The number of aromatic carboxylic acids is 1. The molecule has 0 aliphatic carbocycles. The molecule has 0 atom stereocenters. The van der Waals surface area contributed by atoms with Gasteiger partial charge < -0.3 is 5.11 Å². The number of aromatic nitrogens is 4. The topological polar surface area (TPSA) is 80.9 Å². The number of hydrogen-bond acceptors (Lipinski definition) is 4. The minimum Gasteiger partial charge on any atom is -0.476 e. The van der Waals surface area contributed by atoms with Crippen LogP contribution in [0.5, 0.6) is 0 Å². The van der Waals surface area contributed by atoms with Gasteiger partial charge in [-0.15, -0.1) is 9.90 Å². The molecule has 6 nitrogen and oxygen atoms in total. The van der Waals surface area contributed by atoms with Crippen molar-refractivity contribution < 1.29 is 9.90 Å². The number of hydrogen-bond donors (Lipinski definition) is 1. The van der Waals surface area contributed by atoms with Crippen LogP contribution in [0, 0.1) is 6.92 Å². The summed E-state index contributed by atoms with van der Waals surface area (Å²) < 4.78 is 0. The number of carboxylic acids is 1. The van der Waals surface area contributed by atoms with Crippen molar-refractivity contribution in [1.29, 1.82) is 0 Å². The van der Waals surface area contributed by atoms with Crippen molar-refractivity contribution in [2.45, 2.75) is 6.92 Å². The zero-order valence-corrected chi connectivity index (χ0v) is 10.1. The number of para-hydroxylation sites is 1. The number of aryl methyl sites for hydroxylation is 1. The number of rotatable bonds is 2. The maximum absolute atomic E-state index is 11.0. The summed E-state index contributed by atoms with van der Waals surface area (Å²) in [5.41, 5.74) is 1.72. The lowest BCUT2D eigenvalue weighted by Gasteiger charge is -2.03. The zero-order valence-electron chi connectivity index (χ0n) is 10.1. The first-order valence-corrected chi connectivity index (χ1v) is 5.68. The van der Waals surface area contributed by atoms with Crippen LogP contribution in [0.2, 0.25) is 0 Å². The van der Waals surface area contributed by atoms with E-state index in [1.807, 2.05) is 24.3 Å². The molecular weight excluding hydrogens is 244 g/mol. The Labute approximate surface area is 108 Å². The monoisotopic (exact) mass is 254 g/mol. The molecule has 0 saturated carbocycles. The highest BCUT2D eigenvalue weighted by Crippen LogP contribution is 2.19. The molecule has 1 aromatic carbocycles. The lowest BCUT2D eigenvalue weighted by atomic mass is 10.2. The van der Waals surface area contributed by atoms with Crippen molar-refractivity contribution in [3.63, 3.8) is 0 Å². The third-order valence-corrected chi connectivity index (χ3v) is 2.81. The highest BCUT2D eigenvalue weighted by Gasteiger charge is 2.16. The molecule has 0 aliphatic rings. The van der Waals surface area contributed by atoms with Crippen LogP contribution in [-0.4, -0.2) is 31.1 Å². The molecule has 0 bridgehead atoms. The van der Waals surface area contributed by atoms with Gasteiger partial charge in [0.05, 0.1) is 11.2 Å². The van der Waals surface area contributed by atoms with Gasteiger partial charge in [0.2, 0.25) is 0 Å².